The summed E-state index contributed by atoms with van der Waals surface area (Å²) in [5.74, 6) is -0.563. The van der Waals surface area contributed by atoms with Crippen molar-refractivity contribution >= 4 is 32.9 Å². The van der Waals surface area contributed by atoms with Gasteiger partial charge in [-0.1, -0.05) is 48.5 Å². The molecule has 1 fully saturated rings. The van der Waals surface area contributed by atoms with Gasteiger partial charge in [-0.3, -0.25) is 19.8 Å². The van der Waals surface area contributed by atoms with Crippen LogP contribution in [0.4, 0.5) is 0 Å². The van der Waals surface area contributed by atoms with Crippen LogP contribution in [0.3, 0.4) is 0 Å². The lowest BCUT2D eigenvalue weighted by Gasteiger charge is -2.32. The number of hydrogen-bond donors (Lipinski definition) is 4. The summed E-state index contributed by atoms with van der Waals surface area (Å²) in [6, 6.07) is 22.1. The first-order chi connectivity index (χ1) is 22.8. The number of piperazine rings is 1. The van der Waals surface area contributed by atoms with Crippen LogP contribution in [-0.4, -0.2) is 92.1 Å². The number of carbonyl (C=O) groups excluding carboxylic acids is 1. The minimum atomic E-state index is -3.60. The van der Waals surface area contributed by atoms with Crippen LogP contribution in [0.5, 0.6) is 0 Å². The molecule has 1 unspecified atom stereocenters. The third-order valence-electron chi connectivity index (χ3n) is 9.47. The maximum atomic E-state index is 13.1. The Morgan fingerprint density at radius 1 is 1.06 bits per heavy atom. The highest BCUT2D eigenvalue weighted by Gasteiger charge is 2.28. The number of carbonyl (C=O) groups is 1. The summed E-state index contributed by atoms with van der Waals surface area (Å²) in [5.41, 5.74) is 8.53. The Labute approximate surface area is 277 Å². The average molecular weight is 657 g/mol. The quantitative estimate of drug-likeness (QED) is 0.0978. The van der Waals surface area contributed by atoms with E-state index in [-0.39, 0.29) is 10.9 Å². The zero-order valence-electron chi connectivity index (χ0n) is 26.9. The van der Waals surface area contributed by atoms with Gasteiger partial charge >= 0.3 is 0 Å². The van der Waals surface area contributed by atoms with E-state index < -0.39 is 15.9 Å². The molecule has 1 aliphatic carbocycles. The average Bonchev–Trinajstić information content (AvgIpc) is 3.70. The van der Waals surface area contributed by atoms with Gasteiger partial charge in [0.25, 0.3) is 5.91 Å². The second kappa shape index (κ2) is 14.9. The van der Waals surface area contributed by atoms with Crippen molar-refractivity contribution in [1.82, 2.24) is 29.9 Å². The largest absolute Gasteiger partial charge is 0.361 e. The lowest BCUT2D eigenvalue weighted by molar-refractivity contribution is -0.124. The van der Waals surface area contributed by atoms with E-state index in [9.17, 15) is 13.2 Å². The molecule has 2 heterocycles. The zero-order valence-corrected chi connectivity index (χ0v) is 27.7. The normalized spacial score (nSPS) is 17.6. The molecule has 1 saturated heterocycles. The van der Waals surface area contributed by atoms with Crippen LogP contribution in [0.2, 0.25) is 0 Å². The van der Waals surface area contributed by atoms with E-state index in [0.717, 1.165) is 68.6 Å². The van der Waals surface area contributed by atoms with Crippen LogP contribution in [0.25, 0.3) is 17.0 Å². The number of benzene rings is 3. The summed E-state index contributed by atoms with van der Waals surface area (Å²) >= 11 is 0. The van der Waals surface area contributed by atoms with Crippen molar-refractivity contribution in [2.24, 2.45) is 0 Å². The number of aryl methyl sites for hydroxylation is 1. The van der Waals surface area contributed by atoms with Crippen molar-refractivity contribution in [3.05, 3.63) is 107 Å². The van der Waals surface area contributed by atoms with E-state index >= 15 is 0 Å². The van der Waals surface area contributed by atoms with Gasteiger partial charge in [0.05, 0.1) is 4.90 Å². The molecule has 4 aromatic rings. The van der Waals surface area contributed by atoms with Crippen LogP contribution in [0.1, 0.15) is 40.3 Å². The lowest BCUT2D eigenvalue weighted by atomic mass is 10.0. The Bertz CT molecular complexity index is 1810. The molecule has 248 valence electrons. The number of fused-ring (bicyclic) bond motifs is 2. The zero-order chi connectivity index (χ0) is 32.8. The Kier molecular flexibility index (Phi) is 10.5. The minimum absolute atomic E-state index is 0.202. The number of aromatic amines is 1. The fraction of sp³-hybridized carbons (Fsp3) is 0.361. The molecule has 4 N–H and O–H groups in total. The Morgan fingerprint density at radius 2 is 1.85 bits per heavy atom. The molecule has 1 atom stereocenters. The second-order valence-electron chi connectivity index (χ2n) is 12.6. The number of rotatable bonds is 13. The van der Waals surface area contributed by atoms with Crippen LogP contribution in [0.15, 0.2) is 83.9 Å². The number of aromatic nitrogens is 1. The van der Waals surface area contributed by atoms with Gasteiger partial charge in [0.1, 0.15) is 0 Å². The fourth-order valence-corrected chi connectivity index (χ4v) is 7.78. The molecular formula is C36H44N6O4S. The maximum absolute atomic E-state index is 13.1. The summed E-state index contributed by atoms with van der Waals surface area (Å²) in [5, 5.41) is 10.0. The van der Waals surface area contributed by atoms with E-state index in [1.807, 2.05) is 24.3 Å². The van der Waals surface area contributed by atoms with E-state index in [1.165, 1.54) is 28.2 Å². The number of nitrogens with one attached hydrogen (secondary N) is 3. The molecule has 47 heavy (non-hydrogen) atoms. The van der Waals surface area contributed by atoms with Crippen LogP contribution in [0, 0.1) is 0 Å². The number of likely N-dealkylation sites (N-methyl/N-ethyl adjacent to an activating group) is 1. The van der Waals surface area contributed by atoms with E-state index in [2.05, 4.69) is 68.0 Å². The van der Waals surface area contributed by atoms with Crippen LogP contribution >= 0.6 is 0 Å². The molecule has 0 bridgehead atoms. The van der Waals surface area contributed by atoms with Crippen LogP contribution in [-0.2, 0) is 34.2 Å². The highest BCUT2D eigenvalue weighted by atomic mass is 32.2. The number of nitrogens with zero attached hydrogens (tertiary/aromatic N) is 3. The van der Waals surface area contributed by atoms with Gasteiger partial charge in [-0.2, -0.15) is 0 Å². The van der Waals surface area contributed by atoms with Crippen molar-refractivity contribution in [3.8, 4) is 0 Å². The molecule has 0 saturated carbocycles. The van der Waals surface area contributed by atoms with Gasteiger partial charge in [0, 0.05) is 81.6 Å². The van der Waals surface area contributed by atoms with Gasteiger partial charge in [-0.25, -0.2) is 18.6 Å². The molecule has 0 spiro atoms. The topological polar surface area (TPSA) is 121 Å². The number of amides is 1. The molecule has 11 heteroatoms. The highest BCUT2D eigenvalue weighted by molar-refractivity contribution is 7.89. The Balaban J connectivity index is 1.16. The molecule has 1 amide bonds. The molecule has 1 aliphatic heterocycles. The molecule has 2 aliphatic rings. The summed E-state index contributed by atoms with van der Waals surface area (Å²) < 4.78 is 29.0. The van der Waals surface area contributed by atoms with E-state index in [0.29, 0.717) is 19.6 Å². The van der Waals surface area contributed by atoms with E-state index in [1.54, 1.807) is 23.7 Å². The van der Waals surface area contributed by atoms with Crippen molar-refractivity contribution in [2.75, 3.05) is 52.9 Å². The number of hydrogen-bond acceptors (Lipinski definition) is 7. The Morgan fingerprint density at radius 3 is 2.64 bits per heavy atom. The summed E-state index contributed by atoms with van der Waals surface area (Å²) in [6.07, 6.45) is 7.88. The first kappa shape index (κ1) is 33.1. The Hall–Kier alpha value is -3.84. The predicted molar refractivity (Wildman–Crippen MR) is 184 cm³/mol. The predicted octanol–water partition coefficient (Wildman–Crippen LogP) is 3.94. The van der Waals surface area contributed by atoms with Gasteiger partial charge < -0.3 is 9.88 Å². The van der Waals surface area contributed by atoms with E-state index in [4.69, 9.17) is 5.21 Å². The SMILES string of the molecule is CN1CCN(CCNS(=O)(=O)c2ccc(CN(CCc3c[nH]c4ccccc34)C3CCc4cc(C=CC(=O)NO)ccc43)cc2)CC1. The monoisotopic (exact) mass is 656 g/mol. The summed E-state index contributed by atoms with van der Waals surface area (Å²) in [6.45, 7) is 6.53. The van der Waals surface area contributed by atoms with Crippen molar-refractivity contribution in [1.29, 1.82) is 0 Å². The third-order valence-corrected chi connectivity index (χ3v) is 10.9. The number of hydroxylamine groups is 1. The van der Waals surface area contributed by atoms with Crippen LogP contribution < -0.4 is 10.2 Å². The van der Waals surface area contributed by atoms with Crippen molar-refractivity contribution < 1.29 is 18.4 Å². The summed E-state index contributed by atoms with van der Waals surface area (Å²) in [4.78, 5) is 22.2. The molecule has 0 radical (unpaired) electrons. The number of H-pyrrole nitrogens is 1. The summed E-state index contributed by atoms with van der Waals surface area (Å²) in [7, 11) is -1.49. The van der Waals surface area contributed by atoms with Gasteiger partial charge in [0.15, 0.2) is 0 Å². The second-order valence-corrected chi connectivity index (χ2v) is 14.4. The maximum Gasteiger partial charge on any atom is 0.267 e. The minimum Gasteiger partial charge on any atom is -0.361 e. The van der Waals surface area contributed by atoms with Gasteiger partial charge in [-0.05, 0) is 78.4 Å². The molecule has 1 aromatic heterocycles. The lowest BCUT2D eigenvalue weighted by Crippen LogP contribution is -2.46. The van der Waals surface area contributed by atoms with Crippen molar-refractivity contribution in [3.63, 3.8) is 0 Å². The van der Waals surface area contributed by atoms with Crippen molar-refractivity contribution in [2.45, 2.75) is 36.7 Å². The first-order valence-corrected chi connectivity index (χ1v) is 17.8. The molecule has 10 nitrogen and oxygen atoms in total. The first-order valence-electron chi connectivity index (χ1n) is 16.3. The van der Waals surface area contributed by atoms with Gasteiger partial charge in [-0.15, -0.1) is 0 Å². The highest BCUT2D eigenvalue weighted by Crippen LogP contribution is 2.37. The number of sulfonamides is 1. The molecule has 3 aromatic carbocycles. The standard InChI is InChI=1S/C36H44N6O4S/c1-40-20-22-41(23-21-40)19-17-38-47(45,46)31-11-6-28(7-12-31)26-42(18-16-30-25-37-34-5-3-2-4-32(30)34)35-14-10-29-24-27(8-13-33(29)35)9-15-36(43)39-44/h2-9,11-13,15,24-25,35,37-38,44H,10,14,16-23,26H2,1H3,(H,39,43). The van der Waals surface area contributed by atoms with Gasteiger partial charge in [0.2, 0.25) is 10.0 Å². The smallest absolute Gasteiger partial charge is 0.267 e. The fourth-order valence-electron chi connectivity index (χ4n) is 6.76. The molecular weight excluding hydrogens is 613 g/mol. The number of para-hydroxylation sites is 1. The molecule has 6 rings (SSSR count). The third kappa shape index (κ3) is 8.18.